The standard InChI is InChI=1S/C18H17N3O5S2/c1-18(2,3)26-17(25)21-16-19-8-13(28-16)14(22)20-10-4-5-11-9(6-10)7-12(27-11)15(23)24/h4-8H,1-3H3,(H,20,22)(H,23,24)(H,19,21,25). The van der Waals surface area contributed by atoms with E-state index in [9.17, 15) is 14.4 Å². The summed E-state index contributed by atoms with van der Waals surface area (Å²) in [6.07, 6.45) is 0.712. The van der Waals surface area contributed by atoms with Gasteiger partial charge in [-0.15, -0.1) is 11.3 Å². The zero-order valence-corrected chi connectivity index (χ0v) is 16.9. The van der Waals surface area contributed by atoms with Crippen molar-refractivity contribution in [3.63, 3.8) is 0 Å². The molecule has 0 fully saturated rings. The number of carboxylic acid groups (broad SMARTS) is 1. The van der Waals surface area contributed by atoms with Crippen LogP contribution in [0.4, 0.5) is 15.6 Å². The summed E-state index contributed by atoms with van der Waals surface area (Å²) in [4.78, 5) is 39.8. The summed E-state index contributed by atoms with van der Waals surface area (Å²) >= 11 is 2.19. The number of aromatic nitrogens is 1. The minimum absolute atomic E-state index is 0.235. The van der Waals surface area contributed by atoms with Crippen molar-refractivity contribution in [3.05, 3.63) is 40.2 Å². The maximum absolute atomic E-state index is 12.4. The van der Waals surface area contributed by atoms with E-state index in [0.717, 1.165) is 21.4 Å². The van der Waals surface area contributed by atoms with Gasteiger partial charge in [-0.3, -0.25) is 10.1 Å². The zero-order chi connectivity index (χ0) is 20.5. The van der Waals surface area contributed by atoms with E-state index in [0.29, 0.717) is 10.6 Å². The van der Waals surface area contributed by atoms with Gasteiger partial charge in [0.15, 0.2) is 5.13 Å². The first-order chi connectivity index (χ1) is 13.1. The van der Waals surface area contributed by atoms with Gasteiger partial charge in [0, 0.05) is 10.4 Å². The molecule has 146 valence electrons. The molecule has 1 aromatic carbocycles. The van der Waals surface area contributed by atoms with E-state index in [1.807, 2.05) is 0 Å². The fourth-order valence-electron chi connectivity index (χ4n) is 2.25. The summed E-state index contributed by atoms with van der Waals surface area (Å²) in [5, 5.41) is 15.3. The molecular weight excluding hydrogens is 402 g/mol. The van der Waals surface area contributed by atoms with Gasteiger partial charge in [0.1, 0.15) is 15.4 Å². The predicted molar refractivity (Wildman–Crippen MR) is 109 cm³/mol. The number of carbonyl (C=O) groups excluding carboxylic acids is 2. The molecule has 3 aromatic rings. The van der Waals surface area contributed by atoms with Crippen LogP contribution >= 0.6 is 22.7 Å². The Hall–Kier alpha value is -2.98. The topological polar surface area (TPSA) is 118 Å². The minimum atomic E-state index is -0.985. The number of carboxylic acids is 1. The first-order valence-electron chi connectivity index (χ1n) is 8.15. The largest absolute Gasteiger partial charge is 0.477 e. The van der Waals surface area contributed by atoms with Gasteiger partial charge >= 0.3 is 12.1 Å². The van der Waals surface area contributed by atoms with Crippen molar-refractivity contribution in [3.8, 4) is 0 Å². The number of anilines is 2. The van der Waals surface area contributed by atoms with Gasteiger partial charge in [0.05, 0.1) is 6.20 Å². The first kappa shape index (κ1) is 19.8. The highest BCUT2D eigenvalue weighted by atomic mass is 32.1. The third-order valence-corrected chi connectivity index (χ3v) is 5.34. The van der Waals surface area contributed by atoms with E-state index < -0.39 is 17.7 Å². The van der Waals surface area contributed by atoms with Gasteiger partial charge in [0.25, 0.3) is 5.91 Å². The van der Waals surface area contributed by atoms with Crippen molar-refractivity contribution in [2.24, 2.45) is 0 Å². The molecule has 2 aromatic heterocycles. The van der Waals surface area contributed by atoms with Crippen LogP contribution < -0.4 is 10.6 Å². The summed E-state index contributed by atoms with van der Waals surface area (Å²) < 4.78 is 5.96. The van der Waals surface area contributed by atoms with Crippen molar-refractivity contribution in [1.82, 2.24) is 4.98 Å². The van der Waals surface area contributed by atoms with Crippen LogP contribution in [0.3, 0.4) is 0 Å². The molecule has 3 N–H and O–H groups in total. The number of rotatable bonds is 4. The van der Waals surface area contributed by atoms with E-state index in [1.54, 1.807) is 45.0 Å². The average Bonchev–Trinajstić information content (AvgIpc) is 3.19. The Morgan fingerprint density at radius 1 is 1.07 bits per heavy atom. The molecule has 8 nitrogen and oxygen atoms in total. The monoisotopic (exact) mass is 419 g/mol. The summed E-state index contributed by atoms with van der Waals surface area (Å²) in [7, 11) is 0. The lowest BCUT2D eigenvalue weighted by molar-refractivity contribution is 0.0634. The van der Waals surface area contributed by atoms with Crippen LogP contribution in [0.2, 0.25) is 0 Å². The Labute approximate surface area is 168 Å². The summed E-state index contributed by atoms with van der Waals surface area (Å²) in [6.45, 7) is 5.24. The molecule has 2 amide bonds. The maximum atomic E-state index is 12.4. The van der Waals surface area contributed by atoms with Crippen molar-refractivity contribution < 1.29 is 24.2 Å². The van der Waals surface area contributed by atoms with Gasteiger partial charge in [-0.2, -0.15) is 0 Å². The van der Waals surface area contributed by atoms with E-state index in [-0.39, 0.29) is 15.9 Å². The zero-order valence-electron chi connectivity index (χ0n) is 15.2. The quantitative estimate of drug-likeness (QED) is 0.566. The molecule has 0 aliphatic rings. The number of hydrogen-bond acceptors (Lipinski definition) is 7. The van der Waals surface area contributed by atoms with Crippen LogP contribution in [0.25, 0.3) is 10.1 Å². The Morgan fingerprint density at radius 2 is 1.82 bits per heavy atom. The third kappa shape index (κ3) is 4.84. The highest BCUT2D eigenvalue weighted by Crippen LogP contribution is 2.29. The van der Waals surface area contributed by atoms with E-state index in [4.69, 9.17) is 9.84 Å². The smallest absolute Gasteiger partial charge is 0.413 e. The number of amides is 2. The Morgan fingerprint density at radius 3 is 2.50 bits per heavy atom. The molecule has 3 rings (SSSR count). The highest BCUT2D eigenvalue weighted by Gasteiger charge is 2.18. The lowest BCUT2D eigenvalue weighted by Crippen LogP contribution is -2.27. The average molecular weight is 419 g/mol. The van der Waals surface area contributed by atoms with Crippen LogP contribution in [0.1, 0.15) is 40.1 Å². The van der Waals surface area contributed by atoms with Crippen molar-refractivity contribution in [2.75, 3.05) is 10.6 Å². The van der Waals surface area contributed by atoms with Gasteiger partial charge in [-0.1, -0.05) is 11.3 Å². The third-order valence-electron chi connectivity index (χ3n) is 3.32. The molecule has 0 unspecified atom stereocenters. The molecule has 2 heterocycles. The molecule has 0 aliphatic heterocycles. The summed E-state index contributed by atoms with van der Waals surface area (Å²) in [5.41, 5.74) is -0.107. The second-order valence-corrected chi connectivity index (χ2v) is 8.89. The molecule has 0 bridgehead atoms. The number of benzene rings is 1. The fourth-order valence-corrected chi connectivity index (χ4v) is 3.83. The fraction of sp³-hybridized carbons (Fsp3) is 0.222. The lowest BCUT2D eigenvalue weighted by Gasteiger charge is -2.18. The molecule has 0 saturated heterocycles. The second kappa shape index (κ2) is 7.56. The van der Waals surface area contributed by atoms with Crippen LogP contribution in [-0.2, 0) is 4.74 Å². The number of aromatic carboxylic acids is 1. The van der Waals surface area contributed by atoms with Gasteiger partial charge in [-0.05, 0) is 50.4 Å². The van der Waals surface area contributed by atoms with E-state index in [2.05, 4.69) is 15.6 Å². The van der Waals surface area contributed by atoms with Crippen molar-refractivity contribution >= 4 is 61.5 Å². The SMILES string of the molecule is CC(C)(C)OC(=O)Nc1ncc(C(=O)Nc2ccc3sc(C(=O)O)cc3c2)s1. The number of ether oxygens (including phenoxy) is 1. The Balaban J connectivity index is 1.68. The van der Waals surface area contributed by atoms with Gasteiger partial charge in [0.2, 0.25) is 0 Å². The van der Waals surface area contributed by atoms with Crippen LogP contribution in [0.15, 0.2) is 30.5 Å². The van der Waals surface area contributed by atoms with Gasteiger partial charge in [-0.25, -0.2) is 14.6 Å². The maximum Gasteiger partial charge on any atom is 0.413 e. The number of thiazole rings is 1. The number of fused-ring (bicyclic) bond motifs is 1. The van der Waals surface area contributed by atoms with E-state index in [1.165, 1.54) is 17.5 Å². The normalized spacial score (nSPS) is 11.2. The molecule has 0 radical (unpaired) electrons. The second-order valence-electron chi connectivity index (χ2n) is 6.78. The Kier molecular flexibility index (Phi) is 5.34. The summed E-state index contributed by atoms with van der Waals surface area (Å²) in [5.74, 6) is -1.37. The molecule has 0 saturated carbocycles. The minimum Gasteiger partial charge on any atom is -0.477 e. The molecule has 0 aliphatic carbocycles. The number of nitrogens with one attached hydrogen (secondary N) is 2. The van der Waals surface area contributed by atoms with Crippen molar-refractivity contribution in [2.45, 2.75) is 26.4 Å². The van der Waals surface area contributed by atoms with Gasteiger partial charge < -0.3 is 15.2 Å². The highest BCUT2D eigenvalue weighted by molar-refractivity contribution is 7.20. The first-order valence-corrected chi connectivity index (χ1v) is 9.78. The lowest BCUT2D eigenvalue weighted by atomic mass is 10.2. The molecular formula is C18H17N3O5S2. The van der Waals surface area contributed by atoms with Crippen molar-refractivity contribution in [1.29, 1.82) is 0 Å². The summed E-state index contributed by atoms with van der Waals surface area (Å²) in [6, 6.07) is 6.72. The van der Waals surface area contributed by atoms with Crippen LogP contribution in [-0.4, -0.2) is 33.7 Å². The number of hydrogen-bond donors (Lipinski definition) is 3. The number of carbonyl (C=O) groups is 3. The molecule has 10 heteroatoms. The molecule has 0 spiro atoms. The Bertz CT molecular complexity index is 1060. The van der Waals surface area contributed by atoms with Crippen LogP contribution in [0.5, 0.6) is 0 Å². The predicted octanol–water partition coefficient (Wildman–Crippen LogP) is 4.66. The number of nitrogens with zero attached hydrogens (tertiary/aromatic N) is 1. The van der Waals surface area contributed by atoms with E-state index >= 15 is 0 Å². The van der Waals surface area contributed by atoms with Crippen LogP contribution in [0, 0.1) is 0 Å². The number of thiophene rings is 1. The molecule has 28 heavy (non-hydrogen) atoms. The molecule has 0 atom stereocenters.